The van der Waals surface area contributed by atoms with Gasteiger partial charge < -0.3 is 43.2 Å². The Morgan fingerprint density at radius 1 is 0.875 bits per heavy atom. The Balaban J connectivity index is 1.40. The average molecular weight is 884 g/mol. The van der Waals surface area contributed by atoms with Gasteiger partial charge in [0.15, 0.2) is 17.5 Å². The Labute approximate surface area is 372 Å². The summed E-state index contributed by atoms with van der Waals surface area (Å²) in [4.78, 5) is 115. The highest BCUT2D eigenvalue weighted by Gasteiger charge is 2.43. The van der Waals surface area contributed by atoms with E-state index in [0.717, 1.165) is 16.5 Å². The number of nitrogens with zero attached hydrogens (tertiary/aromatic N) is 3. The highest BCUT2D eigenvalue weighted by Crippen LogP contribution is 2.24. The van der Waals surface area contributed by atoms with Gasteiger partial charge in [-0.15, -0.1) is 0 Å². The van der Waals surface area contributed by atoms with E-state index in [9.17, 15) is 43.5 Å². The predicted molar refractivity (Wildman–Crippen MR) is 239 cm³/mol. The number of pyridine rings is 1. The summed E-state index contributed by atoms with van der Waals surface area (Å²) < 4.78 is 0. The Kier molecular flexibility index (Phi) is 18.4. The topological polar surface area (TPSA) is 299 Å². The normalized spacial score (nSPS) is 16.4. The molecule has 1 saturated heterocycles. The number of fused-ring (bicyclic) bond motifs is 1. The maximum absolute atomic E-state index is 14.1. The molecule has 1 aliphatic rings. The van der Waals surface area contributed by atoms with Gasteiger partial charge in [-0.05, 0) is 66.5 Å². The summed E-state index contributed by atoms with van der Waals surface area (Å²) >= 11 is 0. The zero-order valence-corrected chi connectivity index (χ0v) is 36.9. The van der Waals surface area contributed by atoms with E-state index in [2.05, 4.69) is 25.9 Å². The third-order valence-corrected chi connectivity index (χ3v) is 11.8. The molecule has 18 nitrogen and oxygen atoms in total. The number of aromatic nitrogens is 1. The van der Waals surface area contributed by atoms with E-state index in [-0.39, 0.29) is 62.9 Å². The molecule has 0 bridgehead atoms. The molecule has 1 aliphatic heterocycles. The maximum atomic E-state index is 14.1. The number of aliphatic imine (C=N–C) groups is 1. The molecular weight excluding hydrogens is 823 g/mol. The van der Waals surface area contributed by atoms with Crippen LogP contribution in [0, 0.1) is 17.8 Å². The number of primary amides is 1. The molecule has 0 aliphatic carbocycles. The van der Waals surface area contributed by atoms with Crippen LogP contribution in [0.25, 0.3) is 10.9 Å². The monoisotopic (exact) mass is 883 g/mol. The molecule has 0 unspecified atom stereocenters. The molecule has 64 heavy (non-hydrogen) atoms. The molecule has 2 aromatic carbocycles. The zero-order chi connectivity index (χ0) is 47.1. The lowest BCUT2D eigenvalue weighted by atomic mass is 9.90. The van der Waals surface area contributed by atoms with Crippen molar-refractivity contribution in [2.75, 3.05) is 13.1 Å². The van der Waals surface area contributed by atoms with Crippen LogP contribution >= 0.6 is 0 Å². The number of hydrogen-bond acceptors (Lipinski definition) is 10. The van der Waals surface area contributed by atoms with Gasteiger partial charge in [0.25, 0.3) is 0 Å². The second kappa shape index (κ2) is 23.6. The third kappa shape index (κ3) is 14.2. The van der Waals surface area contributed by atoms with E-state index in [0.29, 0.717) is 24.0 Å². The fraction of sp³-hybridized carbons (Fsp3) is 0.478. The van der Waals surface area contributed by atoms with Crippen molar-refractivity contribution in [1.29, 1.82) is 0 Å². The number of ketones is 2. The van der Waals surface area contributed by atoms with E-state index >= 15 is 0 Å². The van der Waals surface area contributed by atoms with Crippen molar-refractivity contribution in [1.82, 2.24) is 25.8 Å². The summed E-state index contributed by atoms with van der Waals surface area (Å²) in [5.74, 6) is -7.29. The lowest BCUT2D eigenvalue weighted by molar-refractivity contribution is -0.144. The molecule has 1 fully saturated rings. The molecule has 0 spiro atoms. The van der Waals surface area contributed by atoms with Gasteiger partial charge >= 0.3 is 5.97 Å². The van der Waals surface area contributed by atoms with Gasteiger partial charge in [0, 0.05) is 49.0 Å². The third-order valence-electron chi connectivity index (χ3n) is 11.8. The fourth-order valence-electron chi connectivity index (χ4n) is 7.72. The second-order valence-corrected chi connectivity index (χ2v) is 16.5. The number of likely N-dealkylation sites (tertiary alicyclic amines) is 1. The van der Waals surface area contributed by atoms with Crippen LogP contribution in [-0.4, -0.2) is 105 Å². The number of amides is 5. The Hall–Kier alpha value is -6.72. The van der Waals surface area contributed by atoms with E-state index in [4.69, 9.17) is 17.2 Å². The van der Waals surface area contributed by atoms with Crippen LogP contribution in [0.4, 0.5) is 0 Å². The molecule has 4 rings (SSSR count). The summed E-state index contributed by atoms with van der Waals surface area (Å²) in [6.45, 7) is 7.36. The number of carbonyl (C=O) groups excluding carboxylic acids is 7. The summed E-state index contributed by atoms with van der Waals surface area (Å²) in [6, 6.07) is 11.5. The lowest BCUT2D eigenvalue weighted by Gasteiger charge is -2.33. The summed E-state index contributed by atoms with van der Waals surface area (Å²) in [5.41, 5.74) is 19.2. The van der Waals surface area contributed by atoms with Crippen LogP contribution in [0.2, 0.25) is 0 Å². The van der Waals surface area contributed by atoms with E-state index in [1.165, 1.54) is 4.90 Å². The van der Waals surface area contributed by atoms with Gasteiger partial charge in [0.1, 0.15) is 18.1 Å². The first-order valence-corrected chi connectivity index (χ1v) is 21.7. The Bertz CT molecular complexity index is 2210. The minimum Gasteiger partial charge on any atom is -0.481 e. The van der Waals surface area contributed by atoms with Crippen molar-refractivity contribution >= 4 is 63.9 Å². The van der Waals surface area contributed by atoms with Crippen LogP contribution in [0.15, 0.2) is 65.8 Å². The molecule has 7 atom stereocenters. The molecule has 0 radical (unpaired) electrons. The van der Waals surface area contributed by atoms with E-state index in [1.807, 2.05) is 38.1 Å². The van der Waals surface area contributed by atoms with Crippen molar-refractivity contribution in [2.45, 2.75) is 110 Å². The molecule has 18 heteroatoms. The van der Waals surface area contributed by atoms with Gasteiger partial charge in [-0.25, -0.2) is 0 Å². The van der Waals surface area contributed by atoms with Crippen molar-refractivity contribution < 1.29 is 43.5 Å². The fourth-order valence-corrected chi connectivity index (χ4v) is 7.72. The zero-order valence-electron chi connectivity index (χ0n) is 36.9. The van der Waals surface area contributed by atoms with Gasteiger partial charge in [-0.2, -0.15) is 0 Å². The number of rotatable bonds is 25. The van der Waals surface area contributed by atoms with Crippen LogP contribution in [0.5, 0.6) is 0 Å². The molecule has 0 saturated carbocycles. The number of carbonyl (C=O) groups is 8. The van der Waals surface area contributed by atoms with E-state index < -0.39 is 90.1 Å². The minimum absolute atomic E-state index is 0.0436. The van der Waals surface area contributed by atoms with Crippen LogP contribution in [0.1, 0.15) is 94.1 Å². The van der Waals surface area contributed by atoms with Gasteiger partial charge in [0.05, 0.1) is 24.4 Å². The van der Waals surface area contributed by atoms with Crippen molar-refractivity contribution in [3.63, 3.8) is 0 Å². The van der Waals surface area contributed by atoms with Gasteiger partial charge in [0.2, 0.25) is 29.5 Å². The Morgan fingerprint density at radius 3 is 2.17 bits per heavy atom. The number of nitrogens with two attached hydrogens (primary N) is 3. The lowest BCUT2D eigenvalue weighted by Crippen LogP contribution is -2.56. The molecular formula is C46H61N9O9. The molecule has 10 N–H and O–H groups in total. The summed E-state index contributed by atoms with van der Waals surface area (Å²) in [7, 11) is 0. The standard InChI is InChI=1S/C46H61N9O9/c1-5-26(3)40(42(47)61)54-43(62)32(10-8-19-51-46(48)49)24-37(57)35(25-39(59)60)53-44(63)41(27(4)6-2)55-20-17-34(45(55)64)52-38(58)22-29-13-11-28(12-14-29)21-36(56)31-15-16-33-30(23-31)9-7-18-50-33/h7,9,11-16,18,23,26-27,32,34-35,40-41H,5-6,8,10,17,19-22,24-25H2,1-4H3,(H2,47,61)(H,52,58)(H,53,63)(H,54,62)(H,59,60)(H4,48,49,51)/t26-,27-,32-,34+,35-,40-,41-/m0/s1. The summed E-state index contributed by atoms with van der Waals surface area (Å²) in [5, 5.41) is 18.6. The van der Waals surface area contributed by atoms with Crippen molar-refractivity contribution in [3.05, 3.63) is 77.5 Å². The number of Topliss-reactive ketones (excluding diaryl/α,β-unsaturated/α-hetero) is 2. The highest BCUT2D eigenvalue weighted by molar-refractivity contribution is 6.01. The second-order valence-electron chi connectivity index (χ2n) is 16.5. The number of hydrogen-bond donors (Lipinski definition) is 7. The first kappa shape index (κ1) is 49.9. The maximum Gasteiger partial charge on any atom is 0.305 e. The number of guanidine groups is 1. The number of nitrogens with one attached hydrogen (secondary N) is 3. The van der Waals surface area contributed by atoms with E-state index in [1.54, 1.807) is 50.4 Å². The molecule has 3 aromatic rings. The predicted octanol–water partition coefficient (Wildman–Crippen LogP) is 1.94. The molecule has 5 amide bonds. The first-order chi connectivity index (χ1) is 30.4. The van der Waals surface area contributed by atoms with Crippen LogP contribution < -0.4 is 33.2 Å². The summed E-state index contributed by atoms with van der Waals surface area (Å²) in [6.07, 6.45) is 2.01. The molecule has 2 heterocycles. The Morgan fingerprint density at radius 2 is 1.55 bits per heavy atom. The van der Waals surface area contributed by atoms with Crippen molar-refractivity contribution in [2.24, 2.45) is 39.9 Å². The number of carboxylic acid groups (broad SMARTS) is 1. The van der Waals surface area contributed by atoms with Crippen molar-refractivity contribution in [3.8, 4) is 0 Å². The first-order valence-electron chi connectivity index (χ1n) is 21.7. The largest absolute Gasteiger partial charge is 0.481 e. The number of benzene rings is 2. The molecule has 344 valence electrons. The number of aliphatic carboxylic acids is 1. The van der Waals surface area contributed by atoms with Gasteiger partial charge in [-0.3, -0.25) is 48.3 Å². The average Bonchev–Trinajstić information content (AvgIpc) is 3.60. The smallest absolute Gasteiger partial charge is 0.305 e. The SMILES string of the molecule is CC[C@H](C)[C@H](NC(=O)[C@@H](CCCN=C(N)N)CC(=O)[C@H](CC(=O)O)NC(=O)[C@H]([C@@H](C)CC)N1CC[C@@H](NC(=O)Cc2ccc(CC(=O)c3ccc4ncccc4c3)cc2)C1=O)C(N)=O. The number of carboxylic acids is 1. The quantitative estimate of drug-likeness (QED) is 0.0278. The molecule has 1 aromatic heterocycles. The van der Waals surface area contributed by atoms with Crippen LogP contribution in [0.3, 0.4) is 0 Å². The minimum atomic E-state index is -1.57. The highest BCUT2D eigenvalue weighted by atomic mass is 16.4. The van der Waals surface area contributed by atoms with Crippen LogP contribution in [-0.2, 0) is 46.4 Å². The van der Waals surface area contributed by atoms with Gasteiger partial charge in [-0.1, -0.05) is 70.9 Å².